The molecule has 1 N–H and O–H groups in total. The molecule has 2 heterocycles. The van der Waals surface area contributed by atoms with Gasteiger partial charge >= 0.3 is 0 Å². The van der Waals surface area contributed by atoms with E-state index in [9.17, 15) is 4.79 Å². The number of benzene rings is 1. The Hall–Kier alpha value is -2.36. The average Bonchev–Trinajstić information content (AvgIpc) is 2.57. The molecule has 1 aromatic heterocycles. The van der Waals surface area contributed by atoms with Crippen LogP contribution in [0.1, 0.15) is 29.8 Å². The predicted molar refractivity (Wildman–Crippen MR) is 83.7 cm³/mol. The summed E-state index contributed by atoms with van der Waals surface area (Å²) in [6, 6.07) is 13.6. The van der Waals surface area contributed by atoms with E-state index >= 15 is 0 Å². The van der Waals surface area contributed by atoms with E-state index in [1.165, 1.54) is 6.42 Å². The number of nitrogens with zero attached hydrogens (tertiary/aromatic N) is 2. The molecule has 1 aliphatic heterocycles. The first kappa shape index (κ1) is 13.6. The lowest BCUT2D eigenvalue weighted by atomic mass is 10.1. The van der Waals surface area contributed by atoms with Gasteiger partial charge in [-0.3, -0.25) is 4.79 Å². The number of amides is 1. The third kappa shape index (κ3) is 3.40. The van der Waals surface area contributed by atoms with Crippen LogP contribution in [-0.4, -0.2) is 28.9 Å². The number of rotatable bonds is 3. The summed E-state index contributed by atoms with van der Waals surface area (Å²) in [7, 11) is 0. The number of para-hydroxylation sites is 1. The highest BCUT2D eigenvalue weighted by molar-refractivity contribution is 5.92. The fourth-order valence-corrected chi connectivity index (χ4v) is 2.54. The van der Waals surface area contributed by atoms with Gasteiger partial charge in [0.2, 0.25) is 0 Å². The fraction of sp³-hybridized carbons (Fsp3) is 0.294. The molecule has 1 fully saturated rings. The zero-order valence-electron chi connectivity index (χ0n) is 12.0. The second kappa shape index (κ2) is 6.39. The summed E-state index contributed by atoms with van der Waals surface area (Å²) in [6.45, 7) is 1.70. The maximum Gasteiger partial charge on any atom is 0.272 e. The lowest BCUT2D eigenvalue weighted by molar-refractivity contribution is 0.0718. The Morgan fingerprint density at radius 3 is 2.38 bits per heavy atom. The number of hydrogen-bond acceptors (Lipinski definition) is 3. The van der Waals surface area contributed by atoms with Crippen molar-refractivity contribution in [3.63, 3.8) is 0 Å². The van der Waals surface area contributed by atoms with Crippen molar-refractivity contribution in [2.45, 2.75) is 19.3 Å². The SMILES string of the molecule is O=C(c1ccc(Nc2ccccc2)cn1)N1CCCCC1. The normalized spacial score (nSPS) is 14.8. The van der Waals surface area contributed by atoms with Gasteiger partial charge in [0.1, 0.15) is 5.69 Å². The van der Waals surface area contributed by atoms with Gasteiger partial charge in [-0.2, -0.15) is 0 Å². The molecule has 1 aromatic carbocycles. The van der Waals surface area contributed by atoms with E-state index in [4.69, 9.17) is 0 Å². The molecular formula is C17H19N3O. The Morgan fingerprint density at radius 1 is 0.952 bits per heavy atom. The van der Waals surface area contributed by atoms with E-state index < -0.39 is 0 Å². The van der Waals surface area contributed by atoms with E-state index in [0.29, 0.717) is 5.69 Å². The van der Waals surface area contributed by atoms with Crippen molar-refractivity contribution in [1.29, 1.82) is 0 Å². The summed E-state index contributed by atoms with van der Waals surface area (Å²) in [5.41, 5.74) is 2.42. The minimum Gasteiger partial charge on any atom is -0.354 e. The number of piperidine rings is 1. The summed E-state index contributed by atoms with van der Waals surface area (Å²) in [5, 5.41) is 3.26. The molecule has 0 radical (unpaired) electrons. The molecule has 0 aliphatic carbocycles. The molecule has 0 spiro atoms. The van der Waals surface area contributed by atoms with E-state index in [1.54, 1.807) is 12.3 Å². The molecule has 0 bridgehead atoms. The van der Waals surface area contributed by atoms with Crippen LogP contribution in [0.2, 0.25) is 0 Å². The number of carbonyl (C=O) groups excluding carboxylic acids is 1. The molecule has 108 valence electrons. The largest absolute Gasteiger partial charge is 0.354 e. The van der Waals surface area contributed by atoms with E-state index in [2.05, 4.69) is 10.3 Å². The fourth-order valence-electron chi connectivity index (χ4n) is 2.54. The Kier molecular flexibility index (Phi) is 4.15. The van der Waals surface area contributed by atoms with Gasteiger partial charge in [0.05, 0.1) is 11.9 Å². The van der Waals surface area contributed by atoms with Crippen LogP contribution in [0.15, 0.2) is 48.7 Å². The molecule has 3 rings (SSSR count). The zero-order valence-corrected chi connectivity index (χ0v) is 12.0. The topological polar surface area (TPSA) is 45.2 Å². The third-order valence-electron chi connectivity index (χ3n) is 3.69. The average molecular weight is 281 g/mol. The molecule has 4 nitrogen and oxygen atoms in total. The van der Waals surface area contributed by atoms with Gasteiger partial charge in [-0.05, 0) is 43.5 Å². The molecule has 21 heavy (non-hydrogen) atoms. The number of hydrogen-bond donors (Lipinski definition) is 1. The van der Waals surface area contributed by atoms with Crippen molar-refractivity contribution in [3.05, 3.63) is 54.4 Å². The smallest absolute Gasteiger partial charge is 0.272 e. The van der Waals surface area contributed by atoms with Crippen LogP contribution in [0, 0.1) is 0 Å². The summed E-state index contributed by atoms with van der Waals surface area (Å²) < 4.78 is 0. The van der Waals surface area contributed by atoms with Gasteiger partial charge in [0.15, 0.2) is 0 Å². The first-order valence-electron chi connectivity index (χ1n) is 7.40. The quantitative estimate of drug-likeness (QED) is 0.937. The zero-order chi connectivity index (χ0) is 14.5. The summed E-state index contributed by atoms with van der Waals surface area (Å²) in [5.74, 6) is 0.0426. The Morgan fingerprint density at radius 2 is 1.71 bits per heavy atom. The van der Waals surface area contributed by atoms with Crippen LogP contribution in [0.25, 0.3) is 0 Å². The molecule has 1 amide bonds. The van der Waals surface area contributed by atoms with Crippen molar-refractivity contribution < 1.29 is 4.79 Å². The number of aromatic nitrogens is 1. The highest BCUT2D eigenvalue weighted by atomic mass is 16.2. The number of likely N-dealkylation sites (tertiary alicyclic amines) is 1. The maximum absolute atomic E-state index is 12.3. The molecule has 4 heteroatoms. The third-order valence-corrected chi connectivity index (χ3v) is 3.69. The number of anilines is 2. The lowest BCUT2D eigenvalue weighted by Crippen LogP contribution is -2.36. The Bertz CT molecular complexity index is 589. The summed E-state index contributed by atoms with van der Waals surface area (Å²) in [6.07, 6.45) is 5.13. The van der Waals surface area contributed by atoms with Crippen LogP contribution in [0.5, 0.6) is 0 Å². The van der Waals surface area contributed by atoms with Gasteiger partial charge in [-0.15, -0.1) is 0 Å². The molecule has 2 aromatic rings. The molecule has 0 unspecified atom stereocenters. The van der Waals surface area contributed by atoms with Crippen molar-refractivity contribution in [2.75, 3.05) is 18.4 Å². The van der Waals surface area contributed by atoms with Crippen LogP contribution in [-0.2, 0) is 0 Å². The first-order chi connectivity index (χ1) is 10.3. The highest BCUT2D eigenvalue weighted by Crippen LogP contribution is 2.17. The van der Waals surface area contributed by atoms with Gasteiger partial charge in [0, 0.05) is 18.8 Å². The first-order valence-corrected chi connectivity index (χ1v) is 7.40. The van der Waals surface area contributed by atoms with Crippen molar-refractivity contribution in [2.24, 2.45) is 0 Å². The van der Waals surface area contributed by atoms with Crippen LogP contribution in [0.3, 0.4) is 0 Å². The standard InChI is InChI=1S/C17H19N3O/c21-17(20-11-5-2-6-12-20)16-10-9-15(13-18-16)19-14-7-3-1-4-8-14/h1,3-4,7-10,13,19H,2,5-6,11-12H2. The Balaban J connectivity index is 1.67. The summed E-state index contributed by atoms with van der Waals surface area (Å²) in [4.78, 5) is 18.5. The molecule has 0 saturated carbocycles. The van der Waals surface area contributed by atoms with Crippen LogP contribution in [0.4, 0.5) is 11.4 Å². The number of carbonyl (C=O) groups is 1. The minimum atomic E-state index is 0.0426. The predicted octanol–water partition coefficient (Wildman–Crippen LogP) is 3.45. The second-order valence-electron chi connectivity index (χ2n) is 5.28. The van der Waals surface area contributed by atoms with Crippen molar-refractivity contribution in [1.82, 2.24) is 9.88 Å². The van der Waals surface area contributed by atoms with E-state index in [0.717, 1.165) is 37.3 Å². The molecule has 1 aliphatic rings. The van der Waals surface area contributed by atoms with Gasteiger partial charge < -0.3 is 10.2 Å². The van der Waals surface area contributed by atoms with Crippen LogP contribution >= 0.6 is 0 Å². The summed E-state index contributed by atoms with van der Waals surface area (Å²) >= 11 is 0. The maximum atomic E-state index is 12.3. The molecule has 0 atom stereocenters. The molecular weight excluding hydrogens is 262 g/mol. The van der Waals surface area contributed by atoms with E-state index in [-0.39, 0.29) is 5.91 Å². The van der Waals surface area contributed by atoms with Gasteiger partial charge in [-0.1, -0.05) is 18.2 Å². The van der Waals surface area contributed by atoms with Gasteiger partial charge in [-0.25, -0.2) is 4.98 Å². The van der Waals surface area contributed by atoms with Crippen molar-refractivity contribution >= 4 is 17.3 Å². The molecule has 1 saturated heterocycles. The number of pyridine rings is 1. The monoisotopic (exact) mass is 281 g/mol. The van der Waals surface area contributed by atoms with Crippen LogP contribution < -0.4 is 5.32 Å². The number of nitrogens with one attached hydrogen (secondary N) is 1. The minimum absolute atomic E-state index is 0.0426. The van der Waals surface area contributed by atoms with Crippen molar-refractivity contribution in [3.8, 4) is 0 Å². The van der Waals surface area contributed by atoms with Gasteiger partial charge in [0.25, 0.3) is 5.91 Å². The Labute approximate surface area is 124 Å². The van der Waals surface area contributed by atoms with E-state index in [1.807, 2.05) is 41.3 Å². The highest BCUT2D eigenvalue weighted by Gasteiger charge is 2.18. The lowest BCUT2D eigenvalue weighted by Gasteiger charge is -2.26. The second-order valence-corrected chi connectivity index (χ2v) is 5.28.